The first-order valence-corrected chi connectivity index (χ1v) is 9.73. The summed E-state index contributed by atoms with van der Waals surface area (Å²) in [6.45, 7) is 2.13. The number of nitrogens with zero attached hydrogens (tertiary/aromatic N) is 1. The summed E-state index contributed by atoms with van der Waals surface area (Å²) in [6.07, 6.45) is 8.70. The van der Waals surface area contributed by atoms with Gasteiger partial charge in [0, 0.05) is 16.1 Å². The highest BCUT2D eigenvalue weighted by molar-refractivity contribution is 6.31. The number of hydrogen-bond donors (Lipinski definition) is 2. The van der Waals surface area contributed by atoms with Gasteiger partial charge in [-0.05, 0) is 80.9 Å². The lowest BCUT2D eigenvalue weighted by Crippen LogP contribution is -2.50. The molecule has 2 N–H and O–H groups in total. The van der Waals surface area contributed by atoms with Crippen molar-refractivity contribution in [3.05, 3.63) is 28.8 Å². The molecule has 1 aromatic carbocycles. The van der Waals surface area contributed by atoms with Crippen LogP contribution < -0.4 is 5.43 Å². The molecule has 4 nitrogen and oxygen atoms in total. The second-order valence-corrected chi connectivity index (χ2v) is 8.65. The fourth-order valence-electron chi connectivity index (χ4n) is 5.91. The molecule has 4 bridgehead atoms. The van der Waals surface area contributed by atoms with Crippen molar-refractivity contribution in [2.24, 2.45) is 28.3 Å². The van der Waals surface area contributed by atoms with Crippen molar-refractivity contribution >= 4 is 23.2 Å². The van der Waals surface area contributed by atoms with Crippen LogP contribution in [0.25, 0.3) is 0 Å². The van der Waals surface area contributed by atoms with Gasteiger partial charge in [-0.25, -0.2) is 5.43 Å². The number of amides is 1. The smallest absolute Gasteiger partial charge is 0.275 e. The maximum Gasteiger partial charge on any atom is 0.275 e. The maximum atomic E-state index is 12.4. The van der Waals surface area contributed by atoms with E-state index in [1.54, 1.807) is 6.07 Å². The second kappa shape index (κ2) is 6.31. The molecule has 4 saturated carbocycles. The normalized spacial score (nSPS) is 33.5. The van der Waals surface area contributed by atoms with E-state index in [9.17, 15) is 9.90 Å². The molecule has 1 aromatic rings. The third-order valence-corrected chi connectivity index (χ3v) is 6.72. The van der Waals surface area contributed by atoms with Crippen LogP contribution >= 0.6 is 11.6 Å². The average Bonchev–Trinajstić information content (AvgIpc) is 2.56. The van der Waals surface area contributed by atoms with Crippen molar-refractivity contribution in [3.8, 4) is 5.75 Å². The molecule has 1 amide bonds. The lowest BCUT2D eigenvalue weighted by Gasteiger charge is -2.57. The largest absolute Gasteiger partial charge is 0.507 e. The number of nitrogens with one attached hydrogen (secondary N) is 1. The molecule has 4 aliphatic rings. The Morgan fingerprint density at radius 3 is 2.40 bits per heavy atom. The SMILES string of the molecule is CCC(=NNC(=O)c1cc(Cl)ccc1O)C12CC3CC(CC(C3)C1)C2. The topological polar surface area (TPSA) is 61.7 Å². The minimum absolute atomic E-state index is 0.0787. The summed E-state index contributed by atoms with van der Waals surface area (Å²) in [5, 5.41) is 14.9. The first-order chi connectivity index (χ1) is 12.0. The van der Waals surface area contributed by atoms with Gasteiger partial charge in [0.25, 0.3) is 5.91 Å². The highest BCUT2D eigenvalue weighted by atomic mass is 35.5. The molecule has 5 rings (SSSR count). The lowest BCUT2D eigenvalue weighted by atomic mass is 9.48. The molecule has 4 fully saturated rings. The molecule has 5 heteroatoms. The van der Waals surface area contributed by atoms with Gasteiger partial charge in [0.1, 0.15) is 5.75 Å². The van der Waals surface area contributed by atoms with Gasteiger partial charge in [-0.3, -0.25) is 4.79 Å². The average molecular weight is 361 g/mol. The number of phenols is 1. The van der Waals surface area contributed by atoms with Crippen LogP contribution in [0.5, 0.6) is 5.75 Å². The number of hydrogen-bond acceptors (Lipinski definition) is 3. The van der Waals surface area contributed by atoms with Crippen molar-refractivity contribution in [1.29, 1.82) is 0 Å². The van der Waals surface area contributed by atoms with Crippen LogP contribution in [0.15, 0.2) is 23.3 Å². The van der Waals surface area contributed by atoms with Crippen molar-refractivity contribution in [3.63, 3.8) is 0 Å². The number of carbonyl (C=O) groups excluding carboxylic acids is 1. The molecule has 0 aliphatic heterocycles. The Labute approximate surface area is 153 Å². The molecule has 0 atom stereocenters. The highest BCUT2D eigenvalue weighted by Crippen LogP contribution is 2.60. The zero-order chi connectivity index (χ0) is 17.6. The standard InChI is InChI=1S/C20H25ClN2O2/c1-2-18(20-9-12-5-13(10-20)7-14(6-12)11-20)22-23-19(25)16-8-15(21)3-4-17(16)24/h3-4,8,12-14,24H,2,5-7,9-11H2,1H3,(H,23,25). The van der Waals surface area contributed by atoms with Gasteiger partial charge < -0.3 is 5.11 Å². The fraction of sp³-hybridized carbons (Fsp3) is 0.600. The van der Waals surface area contributed by atoms with Gasteiger partial charge in [0.2, 0.25) is 0 Å². The Bertz CT molecular complexity index is 693. The van der Waals surface area contributed by atoms with E-state index in [4.69, 9.17) is 11.6 Å². The highest BCUT2D eigenvalue weighted by Gasteiger charge is 2.52. The number of benzene rings is 1. The third kappa shape index (κ3) is 3.05. The summed E-state index contributed by atoms with van der Waals surface area (Å²) in [5.74, 6) is 2.04. The summed E-state index contributed by atoms with van der Waals surface area (Å²) in [6, 6.07) is 4.46. The van der Waals surface area contributed by atoms with Gasteiger partial charge in [-0.1, -0.05) is 18.5 Å². The molecule has 0 heterocycles. The van der Waals surface area contributed by atoms with E-state index >= 15 is 0 Å². The molecule has 0 unspecified atom stereocenters. The fourth-order valence-corrected chi connectivity index (χ4v) is 6.08. The molecule has 0 radical (unpaired) electrons. The molecule has 25 heavy (non-hydrogen) atoms. The van der Waals surface area contributed by atoms with Crippen LogP contribution in [0.2, 0.25) is 5.02 Å². The number of halogens is 1. The minimum atomic E-state index is -0.407. The van der Waals surface area contributed by atoms with Crippen molar-refractivity contribution in [2.75, 3.05) is 0 Å². The Hall–Kier alpha value is -1.55. The Balaban J connectivity index is 1.55. The Morgan fingerprint density at radius 1 is 1.24 bits per heavy atom. The number of phenolic OH excluding ortho intramolecular Hbond substituents is 1. The van der Waals surface area contributed by atoms with Crippen molar-refractivity contribution in [2.45, 2.75) is 51.9 Å². The number of hydrazone groups is 1. The van der Waals surface area contributed by atoms with Crippen LogP contribution in [0, 0.1) is 23.2 Å². The molecular formula is C20H25ClN2O2. The van der Waals surface area contributed by atoms with Crippen molar-refractivity contribution < 1.29 is 9.90 Å². The van der Waals surface area contributed by atoms with Crippen LogP contribution in [0.4, 0.5) is 0 Å². The number of aromatic hydroxyl groups is 1. The van der Waals surface area contributed by atoms with Crippen LogP contribution in [0.3, 0.4) is 0 Å². The summed E-state index contributed by atoms with van der Waals surface area (Å²) in [4.78, 5) is 12.4. The number of carbonyl (C=O) groups is 1. The van der Waals surface area contributed by atoms with Gasteiger partial charge in [-0.15, -0.1) is 0 Å². The maximum absolute atomic E-state index is 12.4. The van der Waals surface area contributed by atoms with E-state index in [0.717, 1.165) is 29.9 Å². The predicted molar refractivity (Wildman–Crippen MR) is 98.9 cm³/mol. The Kier molecular flexibility index (Phi) is 4.27. The van der Waals surface area contributed by atoms with E-state index in [1.165, 1.54) is 50.7 Å². The molecular weight excluding hydrogens is 336 g/mol. The Morgan fingerprint density at radius 2 is 1.84 bits per heavy atom. The van der Waals surface area contributed by atoms with E-state index in [-0.39, 0.29) is 16.7 Å². The summed E-state index contributed by atoms with van der Waals surface area (Å²) in [5.41, 5.74) is 4.15. The summed E-state index contributed by atoms with van der Waals surface area (Å²) in [7, 11) is 0. The quantitative estimate of drug-likeness (QED) is 0.600. The van der Waals surface area contributed by atoms with E-state index in [0.29, 0.717) is 5.02 Å². The van der Waals surface area contributed by atoms with E-state index < -0.39 is 5.91 Å². The minimum Gasteiger partial charge on any atom is -0.507 e. The first kappa shape index (κ1) is 16.9. The zero-order valence-electron chi connectivity index (χ0n) is 14.6. The molecule has 0 spiro atoms. The first-order valence-electron chi connectivity index (χ1n) is 9.35. The second-order valence-electron chi connectivity index (χ2n) is 8.21. The monoisotopic (exact) mass is 360 g/mol. The third-order valence-electron chi connectivity index (χ3n) is 6.48. The molecule has 0 aromatic heterocycles. The molecule has 4 aliphatic carbocycles. The number of rotatable bonds is 4. The van der Waals surface area contributed by atoms with Gasteiger partial charge in [-0.2, -0.15) is 5.10 Å². The zero-order valence-corrected chi connectivity index (χ0v) is 15.4. The van der Waals surface area contributed by atoms with Gasteiger partial charge >= 0.3 is 0 Å². The van der Waals surface area contributed by atoms with Crippen LogP contribution in [0.1, 0.15) is 62.2 Å². The van der Waals surface area contributed by atoms with Gasteiger partial charge in [0.15, 0.2) is 0 Å². The summed E-state index contributed by atoms with van der Waals surface area (Å²) < 4.78 is 0. The molecule has 0 saturated heterocycles. The van der Waals surface area contributed by atoms with Gasteiger partial charge in [0.05, 0.1) is 5.56 Å². The van der Waals surface area contributed by atoms with Crippen molar-refractivity contribution in [1.82, 2.24) is 5.43 Å². The van der Waals surface area contributed by atoms with Crippen LogP contribution in [-0.2, 0) is 0 Å². The van der Waals surface area contributed by atoms with E-state index in [1.807, 2.05) is 0 Å². The van der Waals surface area contributed by atoms with Crippen LogP contribution in [-0.4, -0.2) is 16.7 Å². The van der Waals surface area contributed by atoms with E-state index in [2.05, 4.69) is 17.5 Å². The predicted octanol–water partition coefficient (Wildman–Crippen LogP) is 4.76. The molecule has 134 valence electrons. The summed E-state index contributed by atoms with van der Waals surface area (Å²) >= 11 is 5.93. The lowest BCUT2D eigenvalue weighted by molar-refractivity contribution is -0.0134.